The number of rotatable bonds is 8. The number of carboxylic acids is 1. The van der Waals surface area contributed by atoms with Gasteiger partial charge in [-0.3, -0.25) is 4.79 Å². The Morgan fingerprint density at radius 1 is 1.21 bits per heavy atom. The van der Waals surface area contributed by atoms with Gasteiger partial charge in [-0.25, -0.2) is 4.98 Å². The lowest BCUT2D eigenvalue weighted by atomic mass is 9.93. The summed E-state index contributed by atoms with van der Waals surface area (Å²) in [4.78, 5) is 19.7. The van der Waals surface area contributed by atoms with Gasteiger partial charge in [-0.15, -0.1) is 0 Å². The van der Waals surface area contributed by atoms with Crippen LogP contribution in [0.3, 0.4) is 0 Å². The van der Waals surface area contributed by atoms with Crippen LogP contribution in [-0.4, -0.2) is 41.9 Å². The lowest BCUT2D eigenvalue weighted by Crippen LogP contribution is -2.07. The molecule has 1 atom stereocenters. The fraction of sp³-hybridized carbons (Fsp3) is 0.320. The summed E-state index contributed by atoms with van der Waals surface area (Å²) >= 11 is 0. The number of fused-ring (bicyclic) bond motifs is 1. The van der Waals surface area contributed by atoms with E-state index in [2.05, 4.69) is 41.3 Å². The number of ether oxygens (including phenoxy) is 3. The van der Waals surface area contributed by atoms with Crippen molar-refractivity contribution in [3.05, 3.63) is 58.8 Å². The summed E-state index contributed by atoms with van der Waals surface area (Å²) in [7, 11) is 3.10. The van der Waals surface area contributed by atoms with Crippen molar-refractivity contribution in [3.63, 3.8) is 0 Å². The summed E-state index contributed by atoms with van der Waals surface area (Å²) in [6.45, 7) is 5.13. The molecule has 3 aromatic rings. The first-order chi connectivity index (χ1) is 15.9. The van der Waals surface area contributed by atoms with E-state index >= 15 is 0 Å². The molecule has 2 aromatic carbocycles. The van der Waals surface area contributed by atoms with Crippen molar-refractivity contribution in [2.75, 3.05) is 26.1 Å². The lowest BCUT2D eigenvalue weighted by Gasteiger charge is -2.17. The Kier molecular flexibility index (Phi) is 6.35. The number of aromatic nitrogens is 2. The summed E-state index contributed by atoms with van der Waals surface area (Å²) in [6, 6.07) is 10.3. The van der Waals surface area contributed by atoms with Crippen LogP contribution in [0.15, 0.2) is 36.5 Å². The number of hydrogen-bond donors (Lipinski definition) is 2. The maximum Gasteiger partial charge on any atom is 0.319 e. The molecule has 2 N–H and O–H groups in total. The van der Waals surface area contributed by atoms with E-state index in [0.717, 1.165) is 44.8 Å². The molecule has 1 aromatic heterocycles. The van der Waals surface area contributed by atoms with E-state index < -0.39 is 5.97 Å². The fourth-order valence-corrected chi connectivity index (χ4v) is 4.24. The highest BCUT2D eigenvalue weighted by molar-refractivity contribution is 5.75. The van der Waals surface area contributed by atoms with E-state index in [4.69, 9.17) is 19.3 Å². The summed E-state index contributed by atoms with van der Waals surface area (Å²) < 4.78 is 16.3. The number of aryl methyl sites for hydroxylation is 1. The highest BCUT2D eigenvalue weighted by Gasteiger charge is 2.26. The van der Waals surface area contributed by atoms with Crippen molar-refractivity contribution in [2.24, 2.45) is 0 Å². The van der Waals surface area contributed by atoms with Crippen molar-refractivity contribution < 1.29 is 24.1 Å². The molecule has 4 rings (SSSR count). The minimum Gasteiger partial charge on any atom is -0.493 e. The topological polar surface area (TPSA) is 103 Å². The largest absolute Gasteiger partial charge is 0.493 e. The van der Waals surface area contributed by atoms with E-state index in [-0.39, 0.29) is 18.3 Å². The smallest absolute Gasteiger partial charge is 0.319 e. The average molecular weight is 450 g/mol. The highest BCUT2D eigenvalue weighted by Crippen LogP contribution is 2.38. The maximum absolute atomic E-state index is 11.1. The van der Waals surface area contributed by atoms with Crippen molar-refractivity contribution >= 4 is 11.7 Å². The molecule has 1 aliphatic rings. The molecular formula is C25H27N3O5. The standard InChI is InChI=1S/C25H27N3O5/c1-14-5-6-16(15(2)23(14)20-12-27-25(32-4)28-24(20)31-3)11-26-18-7-8-19-17(9-22(29)30)13-33-21(19)10-18/h5-8,10,12,17,26H,9,11,13H2,1-4H3,(H,29,30)/t17-/m1/s1. The zero-order chi connectivity index (χ0) is 23.5. The monoisotopic (exact) mass is 449 g/mol. The number of carboxylic acid groups (broad SMARTS) is 1. The van der Waals surface area contributed by atoms with E-state index in [9.17, 15) is 4.79 Å². The number of nitrogens with one attached hydrogen (secondary N) is 1. The summed E-state index contributed by atoms with van der Waals surface area (Å²) in [5, 5.41) is 12.5. The molecule has 33 heavy (non-hydrogen) atoms. The van der Waals surface area contributed by atoms with Crippen LogP contribution in [0.25, 0.3) is 11.1 Å². The van der Waals surface area contributed by atoms with Crippen molar-refractivity contribution in [1.82, 2.24) is 9.97 Å². The summed E-state index contributed by atoms with van der Waals surface area (Å²) in [5.41, 5.74) is 7.03. The zero-order valence-electron chi connectivity index (χ0n) is 19.1. The maximum atomic E-state index is 11.1. The molecule has 0 saturated heterocycles. The molecule has 8 heteroatoms. The molecule has 0 radical (unpaired) electrons. The SMILES string of the molecule is COc1ncc(-c2c(C)ccc(CNc3ccc4c(c3)OC[C@H]4CC(=O)O)c2C)c(OC)n1. The van der Waals surface area contributed by atoms with Gasteiger partial charge in [-0.1, -0.05) is 18.2 Å². The molecule has 0 amide bonds. The van der Waals surface area contributed by atoms with Crippen LogP contribution in [0, 0.1) is 13.8 Å². The van der Waals surface area contributed by atoms with Crippen molar-refractivity contribution in [3.8, 4) is 28.8 Å². The van der Waals surface area contributed by atoms with Gasteiger partial charge in [0.25, 0.3) is 0 Å². The number of benzene rings is 2. The first-order valence-corrected chi connectivity index (χ1v) is 10.7. The fourth-order valence-electron chi connectivity index (χ4n) is 4.24. The molecule has 0 bridgehead atoms. The zero-order valence-corrected chi connectivity index (χ0v) is 19.1. The minimum absolute atomic E-state index is 0.0731. The second-order valence-electron chi connectivity index (χ2n) is 8.03. The van der Waals surface area contributed by atoms with Gasteiger partial charge in [-0.05, 0) is 42.2 Å². The number of anilines is 1. The molecule has 0 fully saturated rings. The second kappa shape index (κ2) is 9.36. The van der Waals surface area contributed by atoms with Crippen LogP contribution in [-0.2, 0) is 11.3 Å². The molecule has 8 nitrogen and oxygen atoms in total. The van der Waals surface area contributed by atoms with Gasteiger partial charge in [0.05, 0.1) is 32.8 Å². The Morgan fingerprint density at radius 3 is 2.76 bits per heavy atom. The number of carbonyl (C=O) groups is 1. The lowest BCUT2D eigenvalue weighted by molar-refractivity contribution is -0.137. The summed E-state index contributed by atoms with van der Waals surface area (Å²) in [5.74, 6) is 0.288. The predicted octanol–water partition coefficient (Wildman–Crippen LogP) is 4.34. The Hall–Kier alpha value is -3.81. The van der Waals surface area contributed by atoms with Crippen LogP contribution >= 0.6 is 0 Å². The summed E-state index contributed by atoms with van der Waals surface area (Å²) in [6.07, 6.45) is 1.80. The van der Waals surface area contributed by atoms with Gasteiger partial charge < -0.3 is 24.6 Å². The van der Waals surface area contributed by atoms with Gasteiger partial charge in [0.1, 0.15) is 5.75 Å². The number of hydrogen-bond acceptors (Lipinski definition) is 7. The van der Waals surface area contributed by atoms with Crippen LogP contribution in [0.5, 0.6) is 17.6 Å². The highest BCUT2D eigenvalue weighted by atomic mass is 16.5. The Balaban J connectivity index is 1.57. The van der Waals surface area contributed by atoms with E-state index in [1.807, 2.05) is 18.2 Å². The second-order valence-corrected chi connectivity index (χ2v) is 8.03. The predicted molar refractivity (Wildman–Crippen MR) is 124 cm³/mol. The third-order valence-electron chi connectivity index (χ3n) is 5.96. The van der Waals surface area contributed by atoms with E-state index in [1.165, 1.54) is 7.11 Å². The average Bonchev–Trinajstić information content (AvgIpc) is 3.20. The number of nitrogens with zero attached hydrogens (tertiary/aromatic N) is 2. The number of aliphatic carboxylic acids is 1. The first-order valence-electron chi connectivity index (χ1n) is 10.7. The van der Waals surface area contributed by atoms with Gasteiger partial charge in [0.2, 0.25) is 5.88 Å². The van der Waals surface area contributed by atoms with Gasteiger partial charge >= 0.3 is 12.0 Å². The molecule has 1 aliphatic heterocycles. The van der Waals surface area contributed by atoms with Gasteiger partial charge in [0, 0.05) is 36.0 Å². The Bertz CT molecular complexity index is 1190. The van der Waals surface area contributed by atoms with E-state index in [0.29, 0.717) is 19.0 Å². The van der Waals surface area contributed by atoms with Gasteiger partial charge in [0.15, 0.2) is 0 Å². The Morgan fingerprint density at radius 2 is 2.03 bits per heavy atom. The van der Waals surface area contributed by atoms with E-state index in [1.54, 1.807) is 13.3 Å². The molecule has 172 valence electrons. The van der Waals surface area contributed by atoms with Gasteiger partial charge in [-0.2, -0.15) is 4.98 Å². The number of methoxy groups -OCH3 is 2. The molecule has 2 heterocycles. The first kappa shape index (κ1) is 22.4. The third kappa shape index (κ3) is 4.55. The molecule has 0 aliphatic carbocycles. The van der Waals surface area contributed by atoms with Crippen LogP contribution in [0.4, 0.5) is 5.69 Å². The molecule has 0 spiro atoms. The normalized spacial score (nSPS) is 14.4. The molecular weight excluding hydrogens is 422 g/mol. The minimum atomic E-state index is -0.816. The molecule has 0 unspecified atom stereocenters. The van der Waals surface area contributed by atoms with Crippen LogP contribution < -0.4 is 19.5 Å². The quantitative estimate of drug-likeness (QED) is 0.524. The van der Waals surface area contributed by atoms with Crippen LogP contribution in [0.2, 0.25) is 0 Å². The van der Waals surface area contributed by atoms with Crippen molar-refractivity contribution in [1.29, 1.82) is 0 Å². The Labute approximate surface area is 192 Å². The molecule has 0 saturated carbocycles. The third-order valence-corrected chi connectivity index (χ3v) is 5.96. The van der Waals surface area contributed by atoms with Crippen molar-refractivity contribution in [2.45, 2.75) is 32.7 Å². The van der Waals surface area contributed by atoms with Crippen LogP contribution in [0.1, 0.15) is 34.6 Å².